The second-order valence-corrected chi connectivity index (χ2v) is 5.49. The third-order valence-electron chi connectivity index (χ3n) is 3.64. The fraction of sp³-hybridized carbons (Fsp3) is 0.692. The van der Waals surface area contributed by atoms with Crippen LogP contribution in [-0.2, 0) is 11.0 Å². The minimum atomic E-state index is -4.48. The Bertz CT molecular complexity index is 525. The van der Waals surface area contributed by atoms with Gasteiger partial charge in [0.25, 0.3) is 0 Å². The number of carbonyl (C=O) groups excluding carboxylic acids is 1. The van der Waals surface area contributed by atoms with Gasteiger partial charge in [0.05, 0.1) is 6.04 Å². The van der Waals surface area contributed by atoms with Crippen molar-refractivity contribution in [3.05, 3.63) is 17.5 Å². The highest BCUT2D eigenvalue weighted by Crippen LogP contribution is 2.33. The van der Waals surface area contributed by atoms with Crippen molar-refractivity contribution in [3.8, 4) is 0 Å². The van der Waals surface area contributed by atoms with Crippen LogP contribution in [0.15, 0.2) is 6.07 Å². The van der Waals surface area contributed by atoms with Crippen molar-refractivity contribution in [2.45, 2.75) is 38.4 Å². The van der Waals surface area contributed by atoms with E-state index in [0.717, 1.165) is 6.07 Å². The van der Waals surface area contributed by atoms with E-state index < -0.39 is 24.4 Å². The summed E-state index contributed by atoms with van der Waals surface area (Å²) in [7, 11) is 0. The third-order valence-corrected chi connectivity index (χ3v) is 3.64. The fourth-order valence-corrected chi connectivity index (χ4v) is 2.54. The lowest BCUT2D eigenvalue weighted by Crippen LogP contribution is -2.31. The van der Waals surface area contributed by atoms with Gasteiger partial charge in [0.1, 0.15) is 6.61 Å². The molecule has 1 saturated heterocycles. The molecular weight excluding hydrogens is 287 g/mol. The molecule has 1 aromatic rings. The molecule has 1 unspecified atom stereocenters. The standard InChI is InChI=1S/C13H18F3N3O2/c1-8(2)10-5-11(13(14,15)16)17-19(10)9-3-4-18(6-9)12(21)7-20/h5,8-9,20H,3-4,6-7H2,1-2H3. The number of likely N-dealkylation sites (tertiary alicyclic amines) is 1. The van der Waals surface area contributed by atoms with E-state index in [1.807, 2.05) is 0 Å². The lowest BCUT2D eigenvalue weighted by molar-refractivity contribution is -0.141. The van der Waals surface area contributed by atoms with Gasteiger partial charge in [0, 0.05) is 18.8 Å². The fourth-order valence-electron chi connectivity index (χ4n) is 2.54. The number of hydrogen-bond donors (Lipinski definition) is 1. The molecule has 0 aromatic carbocycles. The Morgan fingerprint density at radius 2 is 2.19 bits per heavy atom. The van der Waals surface area contributed by atoms with Crippen LogP contribution in [0.2, 0.25) is 0 Å². The summed E-state index contributed by atoms with van der Waals surface area (Å²) in [6, 6.07) is 0.787. The lowest BCUT2D eigenvalue weighted by Gasteiger charge is -2.18. The number of aliphatic hydroxyl groups is 1. The van der Waals surface area contributed by atoms with E-state index in [-0.39, 0.29) is 18.5 Å². The number of halogens is 3. The van der Waals surface area contributed by atoms with Crippen molar-refractivity contribution in [2.24, 2.45) is 0 Å². The molecule has 1 N–H and O–H groups in total. The molecule has 2 rings (SSSR count). The van der Waals surface area contributed by atoms with Crippen LogP contribution in [-0.4, -0.2) is 45.4 Å². The number of carbonyl (C=O) groups is 1. The maximum atomic E-state index is 12.8. The number of alkyl halides is 3. The van der Waals surface area contributed by atoms with E-state index in [2.05, 4.69) is 5.10 Å². The van der Waals surface area contributed by atoms with Crippen LogP contribution in [0.1, 0.15) is 43.6 Å². The van der Waals surface area contributed by atoms with E-state index in [1.165, 1.54) is 9.58 Å². The SMILES string of the molecule is CC(C)c1cc(C(F)(F)F)nn1C1CCN(C(=O)CO)C1. The summed E-state index contributed by atoms with van der Waals surface area (Å²) >= 11 is 0. The van der Waals surface area contributed by atoms with Crippen molar-refractivity contribution >= 4 is 5.91 Å². The van der Waals surface area contributed by atoms with E-state index >= 15 is 0 Å². The summed E-state index contributed by atoms with van der Waals surface area (Å²) in [4.78, 5) is 12.9. The van der Waals surface area contributed by atoms with Gasteiger partial charge in [-0.25, -0.2) is 0 Å². The normalized spacial score (nSPS) is 19.6. The van der Waals surface area contributed by atoms with Crippen molar-refractivity contribution < 1.29 is 23.1 Å². The van der Waals surface area contributed by atoms with Gasteiger partial charge < -0.3 is 10.0 Å². The molecule has 0 radical (unpaired) electrons. The maximum absolute atomic E-state index is 12.8. The molecule has 1 aromatic heterocycles. The first-order chi connectivity index (χ1) is 9.74. The average molecular weight is 305 g/mol. The van der Waals surface area contributed by atoms with Crippen molar-refractivity contribution in [1.29, 1.82) is 0 Å². The summed E-state index contributed by atoms with van der Waals surface area (Å²) in [6.07, 6.45) is -3.95. The molecule has 21 heavy (non-hydrogen) atoms. The van der Waals surface area contributed by atoms with Gasteiger partial charge >= 0.3 is 6.18 Å². The largest absolute Gasteiger partial charge is 0.435 e. The average Bonchev–Trinajstić information content (AvgIpc) is 3.02. The van der Waals surface area contributed by atoms with E-state index in [0.29, 0.717) is 18.7 Å². The van der Waals surface area contributed by atoms with Crippen LogP contribution < -0.4 is 0 Å². The van der Waals surface area contributed by atoms with Crippen LogP contribution in [0.25, 0.3) is 0 Å². The predicted molar refractivity (Wildman–Crippen MR) is 68.6 cm³/mol. The van der Waals surface area contributed by atoms with E-state index in [4.69, 9.17) is 5.11 Å². The summed E-state index contributed by atoms with van der Waals surface area (Å²) in [6.45, 7) is 3.72. The molecule has 8 heteroatoms. The first-order valence-corrected chi connectivity index (χ1v) is 6.79. The van der Waals surface area contributed by atoms with Crippen LogP contribution in [0.4, 0.5) is 13.2 Å². The van der Waals surface area contributed by atoms with Crippen molar-refractivity contribution in [1.82, 2.24) is 14.7 Å². The van der Waals surface area contributed by atoms with Gasteiger partial charge in [0.15, 0.2) is 5.69 Å². The summed E-state index contributed by atoms with van der Waals surface area (Å²) in [5, 5.41) is 12.5. The predicted octanol–water partition coefficient (Wildman–Crippen LogP) is 1.79. The van der Waals surface area contributed by atoms with E-state index in [9.17, 15) is 18.0 Å². The van der Waals surface area contributed by atoms with Crippen molar-refractivity contribution in [3.63, 3.8) is 0 Å². The van der Waals surface area contributed by atoms with E-state index in [1.54, 1.807) is 13.8 Å². The minimum absolute atomic E-state index is 0.101. The molecule has 0 bridgehead atoms. The topological polar surface area (TPSA) is 58.4 Å². The molecule has 0 spiro atoms. The van der Waals surface area contributed by atoms with Gasteiger partial charge in [0.2, 0.25) is 5.91 Å². The Morgan fingerprint density at radius 1 is 1.52 bits per heavy atom. The molecule has 1 fully saturated rings. The molecular formula is C13H18F3N3O2. The van der Waals surface area contributed by atoms with Gasteiger partial charge in [-0.2, -0.15) is 18.3 Å². The summed E-state index contributed by atoms with van der Waals surface area (Å²) in [5.41, 5.74) is -0.399. The zero-order chi connectivity index (χ0) is 15.8. The minimum Gasteiger partial charge on any atom is -0.387 e. The highest BCUT2D eigenvalue weighted by molar-refractivity contribution is 5.77. The molecule has 1 amide bonds. The first kappa shape index (κ1) is 15.8. The quantitative estimate of drug-likeness (QED) is 0.926. The summed E-state index contributed by atoms with van der Waals surface area (Å²) in [5.74, 6) is -0.511. The highest BCUT2D eigenvalue weighted by Gasteiger charge is 2.37. The Morgan fingerprint density at radius 3 is 2.71 bits per heavy atom. The smallest absolute Gasteiger partial charge is 0.387 e. The van der Waals surface area contributed by atoms with Gasteiger partial charge in [-0.1, -0.05) is 13.8 Å². The number of nitrogens with zero attached hydrogens (tertiary/aromatic N) is 3. The Hall–Kier alpha value is -1.57. The molecule has 0 aliphatic carbocycles. The highest BCUT2D eigenvalue weighted by atomic mass is 19.4. The molecule has 2 heterocycles. The first-order valence-electron chi connectivity index (χ1n) is 6.79. The van der Waals surface area contributed by atoms with Gasteiger partial charge in [-0.3, -0.25) is 9.48 Å². The van der Waals surface area contributed by atoms with Crippen LogP contribution in [0.3, 0.4) is 0 Å². The number of amides is 1. The van der Waals surface area contributed by atoms with Crippen LogP contribution >= 0.6 is 0 Å². The molecule has 0 saturated carbocycles. The lowest BCUT2D eigenvalue weighted by atomic mass is 10.1. The Balaban J connectivity index is 2.27. The Kier molecular flexibility index (Phi) is 4.27. The van der Waals surface area contributed by atoms with Gasteiger partial charge in [-0.05, 0) is 18.4 Å². The second-order valence-electron chi connectivity index (χ2n) is 5.49. The number of rotatable bonds is 3. The molecule has 1 atom stereocenters. The monoisotopic (exact) mass is 305 g/mol. The molecule has 1 aliphatic heterocycles. The Labute approximate surface area is 120 Å². The zero-order valence-corrected chi connectivity index (χ0v) is 11.9. The third kappa shape index (κ3) is 3.20. The number of aromatic nitrogens is 2. The molecule has 1 aliphatic rings. The van der Waals surface area contributed by atoms with Crippen molar-refractivity contribution in [2.75, 3.05) is 19.7 Å². The van der Waals surface area contributed by atoms with Gasteiger partial charge in [-0.15, -0.1) is 0 Å². The molecule has 118 valence electrons. The van der Waals surface area contributed by atoms with Crippen LogP contribution in [0, 0.1) is 0 Å². The molecule has 5 nitrogen and oxygen atoms in total. The van der Waals surface area contributed by atoms with Crippen LogP contribution in [0.5, 0.6) is 0 Å². The summed E-state index contributed by atoms with van der Waals surface area (Å²) < 4.78 is 39.8. The number of aliphatic hydroxyl groups excluding tert-OH is 1. The second kappa shape index (κ2) is 5.67. The maximum Gasteiger partial charge on any atom is 0.435 e. The number of hydrogen-bond acceptors (Lipinski definition) is 3. The zero-order valence-electron chi connectivity index (χ0n) is 11.9.